The summed E-state index contributed by atoms with van der Waals surface area (Å²) in [5, 5.41) is 18.5. The zero-order chi connectivity index (χ0) is 26.4. The fourth-order valence-electron chi connectivity index (χ4n) is 2.37. The summed E-state index contributed by atoms with van der Waals surface area (Å²) >= 11 is 0. The van der Waals surface area contributed by atoms with Gasteiger partial charge in [-0.05, 0) is 12.1 Å². The van der Waals surface area contributed by atoms with Crippen LogP contribution in [0.15, 0.2) is 12.1 Å². The highest BCUT2D eigenvalue weighted by molar-refractivity contribution is 7.86. The number of esters is 2. The first kappa shape index (κ1) is 28.4. The van der Waals surface area contributed by atoms with Gasteiger partial charge < -0.3 is 18.9 Å². The van der Waals surface area contributed by atoms with Crippen LogP contribution in [-0.4, -0.2) is 57.1 Å². The predicted octanol–water partition coefficient (Wildman–Crippen LogP) is -0.0695. The standard InChI is InChI=1S/C21H18N4O9S/c1-4-20(26)33-7-5-31-18-9-15(17(12-23)25-3)19(10-14(18)16(11-22)24-2)32-6-8-34-21(27)13-35(28,29)30/h9-10H,4-8,13H2,1H3,(H,28,29,30)/b16-14-,17-15+. The van der Waals surface area contributed by atoms with Gasteiger partial charge in [0.1, 0.15) is 37.9 Å². The van der Waals surface area contributed by atoms with E-state index in [1.165, 1.54) is 12.1 Å². The number of benzene rings is 1. The number of nitriles is 2. The lowest BCUT2D eigenvalue weighted by Gasteiger charge is -2.12. The van der Waals surface area contributed by atoms with E-state index in [1.54, 1.807) is 19.1 Å². The molecule has 0 amide bonds. The quantitative estimate of drug-likeness (QED) is 0.185. The van der Waals surface area contributed by atoms with Crippen LogP contribution >= 0.6 is 0 Å². The van der Waals surface area contributed by atoms with Crippen molar-refractivity contribution in [1.29, 1.82) is 10.5 Å². The molecule has 35 heavy (non-hydrogen) atoms. The Kier molecular flexibility index (Phi) is 11.2. The summed E-state index contributed by atoms with van der Waals surface area (Å²) in [6, 6.07) is 5.76. The molecule has 0 unspecified atom stereocenters. The van der Waals surface area contributed by atoms with E-state index < -0.39 is 45.8 Å². The van der Waals surface area contributed by atoms with E-state index in [1.807, 2.05) is 0 Å². The number of carbonyl (C=O) groups is 2. The first-order valence-corrected chi connectivity index (χ1v) is 11.2. The highest BCUT2D eigenvalue weighted by atomic mass is 32.2. The largest absolute Gasteiger partial charge is 0.491 e. The van der Waals surface area contributed by atoms with Crippen LogP contribution in [0.1, 0.15) is 13.3 Å². The summed E-state index contributed by atoms with van der Waals surface area (Å²) in [4.78, 5) is 28.9. The van der Waals surface area contributed by atoms with Gasteiger partial charge in [-0.15, -0.1) is 0 Å². The Labute approximate surface area is 200 Å². The van der Waals surface area contributed by atoms with Gasteiger partial charge in [0.15, 0.2) is 5.75 Å². The van der Waals surface area contributed by atoms with Crippen LogP contribution in [0.2, 0.25) is 0 Å². The second kappa shape index (κ2) is 13.8. The fourth-order valence-corrected chi connectivity index (χ4v) is 2.75. The summed E-state index contributed by atoms with van der Waals surface area (Å²) < 4.78 is 50.5. The molecule has 0 aliphatic rings. The molecule has 0 radical (unpaired) electrons. The molecule has 0 fully saturated rings. The minimum absolute atomic E-state index is 0.0336. The van der Waals surface area contributed by atoms with Crippen LogP contribution in [0.3, 0.4) is 0 Å². The maximum atomic E-state index is 11.4. The van der Waals surface area contributed by atoms with E-state index in [0.717, 1.165) is 0 Å². The SMILES string of the molecule is [C-]#[N+]/C(C#N)=c1/cc(OCCOC(=O)CS(=O)(=O)O)/c(=C(\C#N)[N+]#[C-])cc1OCCOC(=O)CC. The third-order valence-electron chi connectivity index (χ3n) is 3.82. The molecule has 0 spiro atoms. The van der Waals surface area contributed by atoms with E-state index >= 15 is 0 Å². The van der Waals surface area contributed by atoms with Gasteiger partial charge in [0.05, 0.1) is 25.3 Å². The topological polar surface area (TPSA) is 182 Å². The van der Waals surface area contributed by atoms with Gasteiger partial charge >= 0.3 is 11.9 Å². The molecule has 0 aliphatic heterocycles. The van der Waals surface area contributed by atoms with Crippen molar-refractivity contribution in [3.63, 3.8) is 0 Å². The molecule has 0 aliphatic carbocycles. The van der Waals surface area contributed by atoms with Gasteiger partial charge in [-0.2, -0.15) is 8.42 Å². The van der Waals surface area contributed by atoms with Gasteiger partial charge in [-0.3, -0.25) is 14.1 Å². The molecule has 1 aromatic carbocycles. The van der Waals surface area contributed by atoms with Crippen LogP contribution in [0.25, 0.3) is 21.1 Å². The molecule has 14 heteroatoms. The summed E-state index contributed by atoms with van der Waals surface area (Å²) in [7, 11) is -4.57. The smallest absolute Gasteiger partial charge is 0.323 e. The van der Waals surface area contributed by atoms with Crippen molar-refractivity contribution in [2.75, 3.05) is 32.2 Å². The Bertz CT molecular complexity index is 1340. The van der Waals surface area contributed by atoms with Crippen molar-refractivity contribution in [3.8, 4) is 23.6 Å². The molecular formula is C21H18N4O9S. The number of hydrogen-bond acceptors (Lipinski definition) is 10. The Morgan fingerprint density at radius 1 is 0.914 bits per heavy atom. The summed E-state index contributed by atoms with van der Waals surface area (Å²) in [5.41, 5.74) is -0.818. The third-order valence-corrected chi connectivity index (χ3v) is 4.42. The highest BCUT2D eigenvalue weighted by Crippen LogP contribution is 2.12. The average Bonchev–Trinajstić information content (AvgIpc) is 2.81. The molecular weight excluding hydrogens is 484 g/mol. The van der Waals surface area contributed by atoms with Gasteiger partial charge in [0.2, 0.25) is 0 Å². The molecule has 0 saturated carbocycles. The van der Waals surface area contributed by atoms with E-state index in [-0.39, 0.29) is 48.2 Å². The third kappa shape index (κ3) is 9.40. The first-order valence-electron chi connectivity index (χ1n) is 9.59. The maximum Gasteiger partial charge on any atom is 0.323 e. The molecule has 182 valence electrons. The molecule has 0 bridgehead atoms. The monoisotopic (exact) mass is 502 g/mol. The van der Waals surface area contributed by atoms with Gasteiger partial charge in [0.25, 0.3) is 21.5 Å². The van der Waals surface area contributed by atoms with Gasteiger partial charge in [-0.1, -0.05) is 6.92 Å². The summed E-state index contributed by atoms with van der Waals surface area (Å²) in [5.74, 6) is -3.13. The maximum absolute atomic E-state index is 11.4. The number of rotatable bonds is 11. The molecule has 13 nitrogen and oxygen atoms in total. The summed E-state index contributed by atoms with van der Waals surface area (Å²) in [6.07, 6.45) is 0.155. The van der Waals surface area contributed by atoms with Crippen LogP contribution in [0, 0.1) is 35.8 Å². The first-order chi connectivity index (χ1) is 16.6. The van der Waals surface area contributed by atoms with E-state index in [9.17, 15) is 28.5 Å². The number of nitrogens with zero attached hydrogens (tertiary/aromatic N) is 4. The van der Waals surface area contributed by atoms with Crippen molar-refractivity contribution >= 4 is 33.5 Å². The molecule has 0 atom stereocenters. The minimum Gasteiger partial charge on any atom is -0.491 e. The van der Waals surface area contributed by atoms with E-state index in [0.29, 0.717) is 0 Å². The van der Waals surface area contributed by atoms with Crippen LogP contribution in [-0.2, 0) is 29.2 Å². The number of ether oxygens (including phenoxy) is 4. The second-order valence-corrected chi connectivity index (χ2v) is 7.66. The van der Waals surface area contributed by atoms with Gasteiger partial charge in [0, 0.05) is 16.9 Å². The van der Waals surface area contributed by atoms with E-state index in [2.05, 4.69) is 14.4 Å². The summed E-state index contributed by atoms with van der Waals surface area (Å²) in [6.45, 7) is 14.9. The van der Waals surface area contributed by atoms with Crippen LogP contribution < -0.4 is 19.9 Å². The average molecular weight is 502 g/mol. The van der Waals surface area contributed by atoms with Crippen molar-refractivity contribution in [2.24, 2.45) is 0 Å². The number of hydrogen-bond donors (Lipinski definition) is 1. The lowest BCUT2D eigenvalue weighted by Crippen LogP contribution is -2.23. The normalized spacial score (nSPS) is 11.9. The van der Waals surface area contributed by atoms with Gasteiger partial charge in [-0.25, -0.2) is 20.2 Å². The Hall–Kier alpha value is -4.63. The lowest BCUT2D eigenvalue weighted by atomic mass is 10.1. The Morgan fingerprint density at radius 3 is 1.69 bits per heavy atom. The molecule has 1 rings (SSSR count). The molecule has 0 heterocycles. The molecule has 0 aromatic heterocycles. The lowest BCUT2D eigenvalue weighted by molar-refractivity contribution is -0.144. The van der Waals surface area contributed by atoms with Crippen molar-refractivity contribution < 1.29 is 41.5 Å². The Morgan fingerprint density at radius 2 is 1.34 bits per heavy atom. The second-order valence-electron chi connectivity index (χ2n) is 6.21. The number of carbonyl (C=O) groups excluding carboxylic acids is 2. The zero-order valence-corrected chi connectivity index (χ0v) is 19.1. The highest BCUT2D eigenvalue weighted by Gasteiger charge is 2.15. The minimum atomic E-state index is -4.57. The molecule has 1 N–H and O–H groups in total. The van der Waals surface area contributed by atoms with Crippen molar-refractivity contribution in [3.05, 3.63) is 45.4 Å². The predicted molar refractivity (Wildman–Crippen MR) is 117 cm³/mol. The fraction of sp³-hybridized carbons (Fsp3) is 0.333. The zero-order valence-electron chi connectivity index (χ0n) is 18.3. The van der Waals surface area contributed by atoms with Crippen LogP contribution in [0.4, 0.5) is 0 Å². The van der Waals surface area contributed by atoms with Crippen molar-refractivity contribution in [2.45, 2.75) is 13.3 Å². The molecule has 0 saturated heterocycles. The van der Waals surface area contributed by atoms with Crippen LogP contribution in [0.5, 0.6) is 11.5 Å². The molecule has 1 aromatic rings. The van der Waals surface area contributed by atoms with E-state index in [4.69, 9.17) is 31.9 Å². The Balaban J connectivity index is 3.35. The van der Waals surface area contributed by atoms with Crippen molar-refractivity contribution in [1.82, 2.24) is 0 Å².